The van der Waals surface area contributed by atoms with Crippen molar-refractivity contribution in [3.8, 4) is 21.7 Å². The molecule has 0 spiro atoms. The van der Waals surface area contributed by atoms with E-state index in [0.29, 0.717) is 5.82 Å². The van der Waals surface area contributed by atoms with Crippen molar-refractivity contribution in [2.45, 2.75) is 6.92 Å². The topological polar surface area (TPSA) is 43.8 Å². The Balaban J connectivity index is 2.24. The number of aryl methyl sites for hydroxylation is 2. The van der Waals surface area contributed by atoms with E-state index in [1.807, 2.05) is 43.6 Å². The van der Waals surface area contributed by atoms with Crippen molar-refractivity contribution in [3.05, 3.63) is 46.3 Å². The molecule has 20 heavy (non-hydrogen) atoms. The quantitative estimate of drug-likeness (QED) is 0.764. The zero-order valence-electron chi connectivity index (χ0n) is 11.2. The SMILES string of the molecule is Cc1cc(-c2nn(C)c(N)c2-c2cccs2)ccc1Cl. The van der Waals surface area contributed by atoms with Gasteiger partial charge in [0.05, 0.1) is 5.56 Å². The molecule has 0 aliphatic heterocycles. The monoisotopic (exact) mass is 303 g/mol. The first-order valence-electron chi connectivity index (χ1n) is 6.21. The number of halogens is 1. The molecule has 1 aromatic carbocycles. The van der Waals surface area contributed by atoms with Crippen molar-refractivity contribution in [2.75, 3.05) is 5.73 Å². The molecule has 5 heteroatoms. The molecule has 0 saturated heterocycles. The van der Waals surface area contributed by atoms with Crippen molar-refractivity contribution < 1.29 is 0 Å². The third kappa shape index (κ3) is 2.11. The lowest BCUT2D eigenvalue weighted by atomic mass is 10.0. The number of nitrogens with two attached hydrogens (primary N) is 1. The Hall–Kier alpha value is -1.78. The van der Waals surface area contributed by atoms with Gasteiger partial charge in [-0.05, 0) is 36.1 Å². The van der Waals surface area contributed by atoms with Crippen molar-refractivity contribution in [2.24, 2.45) is 7.05 Å². The van der Waals surface area contributed by atoms with Crippen molar-refractivity contribution in [1.82, 2.24) is 9.78 Å². The molecule has 0 amide bonds. The average molecular weight is 304 g/mol. The van der Waals surface area contributed by atoms with Gasteiger partial charge in [-0.2, -0.15) is 5.10 Å². The Bertz CT molecular complexity index is 760. The molecule has 2 N–H and O–H groups in total. The van der Waals surface area contributed by atoms with Gasteiger partial charge < -0.3 is 5.73 Å². The van der Waals surface area contributed by atoms with Crippen LogP contribution in [0.25, 0.3) is 21.7 Å². The van der Waals surface area contributed by atoms with Crippen LogP contribution in [0.3, 0.4) is 0 Å². The van der Waals surface area contributed by atoms with Gasteiger partial charge in [-0.25, -0.2) is 0 Å². The molecule has 0 bridgehead atoms. The van der Waals surface area contributed by atoms with Gasteiger partial charge >= 0.3 is 0 Å². The van der Waals surface area contributed by atoms with E-state index in [-0.39, 0.29) is 0 Å². The highest BCUT2D eigenvalue weighted by atomic mass is 35.5. The maximum Gasteiger partial charge on any atom is 0.130 e. The first-order chi connectivity index (χ1) is 9.58. The third-order valence-electron chi connectivity index (χ3n) is 3.29. The third-order valence-corrected chi connectivity index (χ3v) is 4.60. The van der Waals surface area contributed by atoms with E-state index in [2.05, 4.69) is 11.2 Å². The fourth-order valence-electron chi connectivity index (χ4n) is 2.19. The Kier molecular flexibility index (Phi) is 3.28. The molecule has 0 saturated carbocycles. The summed E-state index contributed by atoms with van der Waals surface area (Å²) in [5.41, 5.74) is 10.1. The molecular formula is C15H14ClN3S. The predicted octanol–water partition coefficient (Wildman–Crippen LogP) is 4.36. The first-order valence-corrected chi connectivity index (χ1v) is 7.46. The van der Waals surface area contributed by atoms with Gasteiger partial charge in [-0.15, -0.1) is 11.3 Å². The van der Waals surface area contributed by atoms with Crippen LogP contribution >= 0.6 is 22.9 Å². The lowest BCUT2D eigenvalue weighted by Crippen LogP contribution is -1.97. The van der Waals surface area contributed by atoms with Crippen LogP contribution in [0.2, 0.25) is 5.02 Å². The van der Waals surface area contributed by atoms with Gasteiger partial charge in [0.25, 0.3) is 0 Å². The molecule has 0 atom stereocenters. The van der Waals surface area contributed by atoms with Crippen LogP contribution < -0.4 is 5.73 Å². The summed E-state index contributed by atoms with van der Waals surface area (Å²) in [5.74, 6) is 0.676. The minimum Gasteiger partial charge on any atom is -0.383 e. The standard InChI is InChI=1S/C15H14ClN3S/c1-9-8-10(5-6-11(9)16)14-13(12-4-3-7-20-12)15(17)19(2)18-14/h3-8H,17H2,1-2H3. The highest BCUT2D eigenvalue weighted by Crippen LogP contribution is 2.38. The summed E-state index contributed by atoms with van der Waals surface area (Å²) >= 11 is 7.76. The summed E-state index contributed by atoms with van der Waals surface area (Å²) in [5, 5.41) is 7.36. The summed E-state index contributed by atoms with van der Waals surface area (Å²) in [6.45, 7) is 1.99. The number of nitrogen functional groups attached to an aromatic ring is 1. The molecule has 102 valence electrons. The lowest BCUT2D eigenvalue weighted by molar-refractivity contribution is 0.782. The Morgan fingerprint density at radius 1 is 1.30 bits per heavy atom. The molecule has 0 aliphatic rings. The molecule has 3 nitrogen and oxygen atoms in total. The van der Waals surface area contributed by atoms with Gasteiger partial charge in [0, 0.05) is 22.5 Å². The molecular weight excluding hydrogens is 290 g/mol. The van der Waals surface area contributed by atoms with Crippen LogP contribution in [0.15, 0.2) is 35.7 Å². The summed E-state index contributed by atoms with van der Waals surface area (Å²) in [6.07, 6.45) is 0. The molecule has 2 heterocycles. The second kappa shape index (κ2) is 4.96. The zero-order chi connectivity index (χ0) is 14.3. The molecule has 0 aliphatic carbocycles. The number of anilines is 1. The van der Waals surface area contributed by atoms with E-state index in [9.17, 15) is 0 Å². The van der Waals surface area contributed by atoms with E-state index in [1.165, 1.54) is 0 Å². The van der Waals surface area contributed by atoms with Crippen molar-refractivity contribution >= 4 is 28.8 Å². The maximum atomic E-state index is 6.18. The van der Waals surface area contributed by atoms with E-state index in [0.717, 1.165) is 32.3 Å². The maximum absolute atomic E-state index is 6.18. The highest BCUT2D eigenvalue weighted by molar-refractivity contribution is 7.13. The number of hydrogen-bond acceptors (Lipinski definition) is 3. The minimum atomic E-state index is 0.676. The zero-order valence-corrected chi connectivity index (χ0v) is 12.8. The fourth-order valence-corrected chi connectivity index (χ4v) is 3.09. The average Bonchev–Trinajstić information content (AvgIpc) is 3.03. The van der Waals surface area contributed by atoms with Gasteiger partial charge in [-0.1, -0.05) is 23.7 Å². The van der Waals surface area contributed by atoms with E-state index in [1.54, 1.807) is 16.0 Å². The van der Waals surface area contributed by atoms with Crippen molar-refractivity contribution in [3.63, 3.8) is 0 Å². The van der Waals surface area contributed by atoms with Gasteiger partial charge in [0.1, 0.15) is 11.5 Å². The smallest absolute Gasteiger partial charge is 0.130 e. The van der Waals surface area contributed by atoms with E-state index in [4.69, 9.17) is 17.3 Å². The molecule has 3 aromatic rings. The van der Waals surface area contributed by atoms with Gasteiger partial charge in [-0.3, -0.25) is 4.68 Å². The van der Waals surface area contributed by atoms with Crippen molar-refractivity contribution in [1.29, 1.82) is 0 Å². The summed E-state index contributed by atoms with van der Waals surface area (Å²) < 4.78 is 1.72. The molecule has 0 radical (unpaired) electrons. The summed E-state index contributed by atoms with van der Waals surface area (Å²) in [6, 6.07) is 10.00. The molecule has 0 unspecified atom stereocenters. The Morgan fingerprint density at radius 2 is 2.10 bits per heavy atom. The number of thiophene rings is 1. The fraction of sp³-hybridized carbons (Fsp3) is 0.133. The number of nitrogens with zero attached hydrogens (tertiary/aromatic N) is 2. The Labute approximate surface area is 126 Å². The highest BCUT2D eigenvalue weighted by Gasteiger charge is 2.18. The van der Waals surface area contributed by atoms with Crippen LogP contribution in [0, 0.1) is 6.92 Å². The predicted molar refractivity (Wildman–Crippen MR) is 86.1 cm³/mol. The van der Waals surface area contributed by atoms with E-state index >= 15 is 0 Å². The second-order valence-corrected chi connectivity index (χ2v) is 6.03. The lowest BCUT2D eigenvalue weighted by Gasteiger charge is -2.04. The van der Waals surface area contributed by atoms with Crippen LogP contribution in [0.5, 0.6) is 0 Å². The normalized spacial score (nSPS) is 10.9. The van der Waals surface area contributed by atoms with Crippen LogP contribution in [-0.2, 0) is 7.05 Å². The van der Waals surface area contributed by atoms with Gasteiger partial charge in [0.15, 0.2) is 0 Å². The van der Waals surface area contributed by atoms with Crippen LogP contribution in [0.1, 0.15) is 5.56 Å². The van der Waals surface area contributed by atoms with Crippen LogP contribution in [-0.4, -0.2) is 9.78 Å². The Morgan fingerprint density at radius 3 is 2.75 bits per heavy atom. The number of benzene rings is 1. The largest absolute Gasteiger partial charge is 0.383 e. The summed E-state index contributed by atoms with van der Waals surface area (Å²) in [7, 11) is 1.86. The van der Waals surface area contributed by atoms with E-state index < -0.39 is 0 Å². The minimum absolute atomic E-state index is 0.676. The van der Waals surface area contributed by atoms with Crippen LogP contribution in [0.4, 0.5) is 5.82 Å². The number of rotatable bonds is 2. The van der Waals surface area contributed by atoms with Gasteiger partial charge in [0.2, 0.25) is 0 Å². The summed E-state index contributed by atoms with van der Waals surface area (Å²) in [4.78, 5) is 1.12. The first kappa shape index (κ1) is 13.2. The second-order valence-electron chi connectivity index (χ2n) is 4.67. The molecule has 3 rings (SSSR count). The molecule has 0 fully saturated rings. The number of aromatic nitrogens is 2. The molecule has 2 aromatic heterocycles. The number of hydrogen-bond donors (Lipinski definition) is 1.